The maximum absolute atomic E-state index is 12.5. The molecule has 1 amide bonds. The smallest absolute Gasteiger partial charge is 0.270 e. The molecule has 0 atom stereocenters. The van der Waals surface area contributed by atoms with Crippen molar-refractivity contribution in [3.05, 3.63) is 39.4 Å². The fourth-order valence-electron chi connectivity index (χ4n) is 2.07. The molecule has 0 aliphatic heterocycles. The summed E-state index contributed by atoms with van der Waals surface area (Å²) >= 11 is 0. The van der Waals surface area contributed by atoms with Crippen molar-refractivity contribution in [1.82, 2.24) is 4.90 Å². The number of rotatable bonds is 5. The highest BCUT2D eigenvalue weighted by atomic mass is 16.6. The normalized spacial score (nSPS) is 13.6. The van der Waals surface area contributed by atoms with E-state index >= 15 is 0 Å². The van der Waals surface area contributed by atoms with E-state index in [1.54, 1.807) is 17.9 Å². The van der Waals surface area contributed by atoms with E-state index in [9.17, 15) is 14.9 Å². The Bertz CT molecular complexity index is 585. The molecule has 2 rings (SSSR count). The van der Waals surface area contributed by atoms with Crippen molar-refractivity contribution in [2.45, 2.75) is 19.8 Å². The van der Waals surface area contributed by atoms with Gasteiger partial charge in [0, 0.05) is 24.2 Å². The molecule has 1 aliphatic rings. The minimum atomic E-state index is -0.497. The van der Waals surface area contributed by atoms with Crippen LogP contribution in [-0.2, 0) is 0 Å². The molecule has 0 unspecified atom stereocenters. The molecule has 0 radical (unpaired) electrons. The second-order valence-corrected chi connectivity index (χ2v) is 5.09. The van der Waals surface area contributed by atoms with Gasteiger partial charge in [-0.3, -0.25) is 14.9 Å². The van der Waals surface area contributed by atoms with Gasteiger partial charge in [-0.1, -0.05) is 12.0 Å². The van der Waals surface area contributed by atoms with Gasteiger partial charge in [0.15, 0.2) is 0 Å². The van der Waals surface area contributed by atoms with Gasteiger partial charge in [0.25, 0.3) is 11.6 Å². The fraction of sp³-hybridized carbons (Fsp3) is 0.400. The summed E-state index contributed by atoms with van der Waals surface area (Å²) < 4.78 is 0. The number of carbonyl (C=O) groups excluding carboxylic acids is 1. The molecular formula is C15H16N2O3. The van der Waals surface area contributed by atoms with Gasteiger partial charge in [0.2, 0.25) is 0 Å². The number of benzene rings is 1. The third-order valence-electron chi connectivity index (χ3n) is 3.41. The molecule has 1 aromatic carbocycles. The number of nitro groups is 1. The first-order valence-corrected chi connectivity index (χ1v) is 6.50. The highest BCUT2D eigenvalue weighted by molar-refractivity contribution is 5.96. The number of nitro benzene ring substituents is 1. The quantitative estimate of drug-likeness (QED) is 0.469. The summed E-state index contributed by atoms with van der Waals surface area (Å²) in [7, 11) is 0. The van der Waals surface area contributed by atoms with E-state index in [-0.39, 0.29) is 18.1 Å². The first kappa shape index (κ1) is 14.1. The number of aryl methyl sites for hydroxylation is 1. The van der Waals surface area contributed by atoms with Gasteiger partial charge in [0.1, 0.15) is 0 Å². The number of non-ortho nitro benzene ring substituents is 1. The minimum absolute atomic E-state index is 0.0778. The van der Waals surface area contributed by atoms with Crippen LogP contribution in [-0.4, -0.2) is 28.8 Å². The van der Waals surface area contributed by atoms with Crippen LogP contribution in [0, 0.1) is 35.3 Å². The third-order valence-corrected chi connectivity index (χ3v) is 3.41. The summed E-state index contributed by atoms with van der Waals surface area (Å²) in [6.07, 6.45) is 7.53. The number of hydrogen-bond acceptors (Lipinski definition) is 3. The summed E-state index contributed by atoms with van der Waals surface area (Å²) in [5, 5.41) is 10.8. The summed E-state index contributed by atoms with van der Waals surface area (Å²) in [5.41, 5.74) is 1.000. The minimum Gasteiger partial charge on any atom is -0.327 e. The maximum Gasteiger partial charge on any atom is 0.270 e. The van der Waals surface area contributed by atoms with Crippen LogP contribution in [0.15, 0.2) is 18.2 Å². The lowest BCUT2D eigenvalue weighted by Gasteiger charge is -2.21. The van der Waals surface area contributed by atoms with Gasteiger partial charge >= 0.3 is 0 Å². The molecule has 0 aromatic heterocycles. The van der Waals surface area contributed by atoms with Gasteiger partial charge in [-0.15, -0.1) is 6.42 Å². The maximum atomic E-state index is 12.5. The summed E-state index contributed by atoms with van der Waals surface area (Å²) in [4.78, 5) is 24.4. The van der Waals surface area contributed by atoms with Gasteiger partial charge < -0.3 is 4.90 Å². The van der Waals surface area contributed by atoms with Crippen molar-refractivity contribution in [2.24, 2.45) is 5.92 Å². The fourth-order valence-corrected chi connectivity index (χ4v) is 2.07. The van der Waals surface area contributed by atoms with Crippen molar-refractivity contribution in [2.75, 3.05) is 13.1 Å². The van der Waals surface area contributed by atoms with Gasteiger partial charge in [-0.2, -0.15) is 0 Å². The number of carbonyl (C=O) groups is 1. The SMILES string of the molecule is C#CCN(CC1CC1)C(=O)c1cc([N+](=O)[O-])ccc1C. The van der Waals surface area contributed by atoms with Gasteiger partial charge in [0.05, 0.1) is 11.5 Å². The lowest BCUT2D eigenvalue weighted by Crippen LogP contribution is -2.33. The third kappa shape index (κ3) is 3.15. The molecule has 1 saturated carbocycles. The second kappa shape index (κ2) is 5.74. The molecule has 5 nitrogen and oxygen atoms in total. The monoisotopic (exact) mass is 272 g/mol. The predicted molar refractivity (Wildman–Crippen MR) is 75.3 cm³/mol. The number of nitrogens with zero attached hydrogens (tertiary/aromatic N) is 2. The van der Waals surface area contributed by atoms with Crippen LogP contribution >= 0.6 is 0 Å². The Labute approximate surface area is 117 Å². The summed E-state index contributed by atoms with van der Waals surface area (Å²) in [5.74, 6) is 2.77. The highest BCUT2D eigenvalue weighted by Gasteiger charge is 2.28. The Morgan fingerprint density at radius 1 is 1.55 bits per heavy atom. The first-order valence-electron chi connectivity index (χ1n) is 6.50. The Balaban J connectivity index is 2.27. The van der Waals surface area contributed by atoms with Gasteiger partial charge in [-0.05, 0) is 31.2 Å². The van der Waals surface area contributed by atoms with Crippen molar-refractivity contribution in [3.63, 3.8) is 0 Å². The van der Waals surface area contributed by atoms with E-state index in [4.69, 9.17) is 6.42 Å². The summed E-state index contributed by atoms with van der Waals surface area (Å²) in [6.45, 7) is 2.63. The van der Waals surface area contributed by atoms with E-state index in [1.165, 1.54) is 12.1 Å². The standard InChI is InChI=1S/C15H16N2O3/c1-3-8-16(10-12-5-6-12)15(18)14-9-13(17(19)20)7-4-11(14)2/h1,4,7,9,12H,5-6,8,10H2,2H3. The largest absolute Gasteiger partial charge is 0.327 e. The van der Waals surface area contributed by atoms with Crippen molar-refractivity contribution >= 4 is 11.6 Å². The van der Waals surface area contributed by atoms with Crippen molar-refractivity contribution in [1.29, 1.82) is 0 Å². The van der Waals surface area contributed by atoms with Gasteiger partial charge in [-0.25, -0.2) is 0 Å². The van der Waals surface area contributed by atoms with Crippen LogP contribution in [0.3, 0.4) is 0 Å². The van der Waals surface area contributed by atoms with Crippen LogP contribution in [0.4, 0.5) is 5.69 Å². The van der Waals surface area contributed by atoms with Crippen LogP contribution in [0.2, 0.25) is 0 Å². The number of hydrogen-bond donors (Lipinski definition) is 0. The Morgan fingerprint density at radius 3 is 2.80 bits per heavy atom. The summed E-state index contributed by atoms with van der Waals surface area (Å²) in [6, 6.07) is 4.32. The topological polar surface area (TPSA) is 63.5 Å². The lowest BCUT2D eigenvalue weighted by molar-refractivity contribution is -0.384. The average molecular weight is 272 g/mol. The molecule has 0 spiro atoms. The molecule has 0 saturated heterocycles. The zero-order valence-electron chi connectivity index (χ0n) is 11.3. The molecule has 0 N–H and O–H groups in total. The van der Waals surface area contributed by atoms with E-state index in [0.717, 1.165) is 18.4 Å². The average Bonchev–Trinajstić information content (AvgIpc) is 3.21. The molecular weight excluding hydrogens is 256 g/mol. The number of amides is 1. The Kier molecular flexibility index (Phi) is 4.04. The van der Waals surface area contributed by atoms with E-state index < -0.39 is 4.92 Å². The van der Waals surface area contributed by atoms with Crippen molar-refractivity contribution < 1.29 is 9.72 Å². The zero-order chi connectivity index (χ0) is 14.7. The zero-order valence-corrected chi connectivity index (χ0v) is 11.3. The predicted octanol–water partition coefficient (Wildman–Crippen LogP) is 2.39. The highest BCUT2D eigenvalue weighted by Crippen LogP contribution is 2.30. The Hall–Kier alpha value is -2.35. The van der Waals surface area contributed by atoms with Crippen molar-refractivity contribution in [3.8, 4) is 12.3 Å². The molecule has 0 bridgehead atoms. The number of terminal acetylenes is 1. The second-order valence-electron chi connectivity index (χ2n) is 5.09. The molecule has 1 aliphatic carbocycles. The molecule has 20 heavy (non-hydrogen) atoms. The lowest BCUT2D eigenvalue weighted by atomic mass is 10.1. The molecule has 0 heterocycles. The van der Waals surface area contributed by atoms with E-state index in [0.29, 0.717) is 18.0 Å². The van der Waals surface area contributed by atoms with Crippen LogP contribution in [0.25, 0.3) is 0 Å². The Morgan fingerprint density at radius 2 is 2.25 bits per heavy atom. The van der Waals surface area contributed by atoms with Crippen LogP contribution in [0.1, 0.15) is 28.8 Å². The van der Waals surface area contributed by atoms with Crippen LogP contribution in [0.5, 0.6) is 0 Å². The van der Waals surface area contributed by atoms with E-state index in [2.05, 4.69) is 5.92 Å². The molecule has 104 valence electrons. The molecule has 5 heteroatoms. The van der Waals surface area contributed by atoms with E-state index in [1.807, 2.05) is 0 Å². The molecule has 1 fully saturated rings. The van der Waals surface area contributed by atoms with Crippen LogP contribution < -0.4 is 0 Å². The first-order chi connectivity index (χ1) is 9.52. The molecule has 1 aromatic rings.